The quantitative estimate of drug-likeness (QED) is 0.832. The molecular weight excluding hydrogens is 336 g/mol. The average molecular weight is 367 g/mol. The van der Waals surface area contributed by atoms with Gasteiger partial charge in [0, 0.05) is 18.3 Å². The molecule has 0 aliphatic carbocycles. The van der Waals surface area contributed by atoms with Crippen molar-refractivity contribution in [3.8, 4) is 0 Å². The molecule has 0 fully saturated rings. The van der Waals surface area contributed by atoms with E-state index < -0.39 is 0 Å². The monoisotopic (exact) mass is 366 g/mol. The smallest absolute Gasteiger partial charge is 0.254 e. The van der Waals surface area contributed by atoms with E-state index in [0.29, 0.717) is 13.1 Å². The molecule has 0 radical (unpaired) electrons. The molecule has 0 saturated heterocycles. The Hall–Kier alpha value is -2.43. The van der Waals surface area contributed by atoms with Crippen LogP contribution in [-0.2, 0) is 23.8 Å². The van der Waals surface area contributed by atoms with E-state index >= 15 is 0 Å². The van der Waals surface area contributed by atoms with E-state index in [9.17, 15) is 4.79 Å². The van der Waals surface area contributed by atoms with Crippen LogP contribution in [0.25, 0.3) is 0 Å². The van der Waals surface area contributed by atoms with Crippen LogP contribution in [-0.4, -0.2) is 27.3 Å². The first-order valence-electron chi connectivity index (χ1n) is 9.51. The first kappa shape index (κ1) is 19.3. The highest BCUT2D eigenvalue weighted by atomic mass is 16.2. The summed E-state index contributed by atoms with van der Waals surface area (Å²) in [5, 5.41) is 0. The van der Waals surface area contributed by atoms with Gasteiger partial charge in [-0.2, -0.15) is 0 Å². The van der Waals surface area contributed by atoms with Crippen LogP contribution in [0, 0.1) is 0 Å². The van der Waals surface area contributed by atoms with Crippen molar-refractivity contribution < 1.29 is 4.79 Å². The van der Waals surface area contributed by atoms with Gasteiger partial charge in [0.05, 0.1) is 12.2 Å². The number of hydrogen-bond acceptors (Lipinski definition) is 4. The lowest BCUT2D eigenvalue weighted by Crippen LogP contribution is -2.37. The summed E-state index contributed by atoms with van der Waals surface area (Å²) in [6, 6.07) is 6.32. The third-order valence-electron chi connectivity index (χ3n) is 5.16. The largest absolute Gasteiger partial charge is 0.368 e. The zero-order valence-electron chi connectivity index (χ0n) is 17.3. The molecule has 1 aromatic heterocycles. The molecule has 1 amide bonds. The molecule has 1 aliphatic heterocycles. The molecule has 0 atom stereocenters. The van der Waals surface area contributed by atoms with Crippen molar-refractivity contribution in [3.63, 3.8) is 0 Å². The van der Waals surface area contributed by atoms with Crippen molar-refractivity contribution in [3.05, 3.63) is 52.3 Å². The number of nitrogens with zero attached hydrogens (tertiary/aromatic N) is 3. The Morgan fingerprint density at radius 1 is 1.04 bits per heavy atom. The summed E-state index contributed by atoms with van der Waals surface area (Å²) >= 11 is 0. The summed E-state index contributed by atoms with van der Waals surface area (Å²) in [5.74, 6) is 0.308. The number of nitrogen functional groups attached to an aromatic ring is 1. The zero-order chi connectivity index (χ0) is 20.0. The number of aromatic nitrogens is 2. The molecule has 144 valence electrons. The van der Waals surface area contributed by atoms with Crippen LogP contribution in [0.2, 0.25) is 0 Å². The maximum Gasteiger partial charge on any atom is 0.254 e. The van der Waals surface area contributed by atoms with Crippen LogP contribution < -0.4 is 5.73 Å². The highest BCUT2D eigenvalue weighted by molar-refractivity contribution is 5.95. The summed E-state index contributed by atoms with van der Waals surface area (Å²) < 4.78 is 0. The molecule has 1 aliphatic rings. The van der Waals surface area contributed by atoms with Gasteiger partial charge in [-0.3, -0.25) is 4.79 Å². The maximum absolute atomic E-state index is 13.3. The molecule has 3 rings (SSSR count). The van der Waals surface area contributed by atoms with Crippen molar-refractivity contribution in [1.82, 2.24) is 14.9 Å². The van der Waals surface area contributed by atoms with E-state index in [-0.39, 0.29) is 22.7 Å². The first-order chi connectivity index (χ1) is 12.4. The average Bonchev–Trinajstić information content (AvgIpc) is 2.58. The van der Waals surface area contributed by atoms with E-state index in [0.717, 1.165) is 23.2 Å². The third-order valence-corrected chi connectivity index (χ3v) is 5.16. The van der Waals surface area contributed by atoms with Crippen LogP contribution in [0.4, 0.5) is 5.95 Å². The minimum Gasteiger partial charge on any atom is -0.368 e. The van der Waals surface area contributed by atoms with Gasteiger partial charge in [0.25, 0.3) is 5.91 Å². The van der Waals surface area contributed by atoms with Crippen molar-refractivity contribution in [2.45, 2.75) is 65.3 Å². The Bertz CT molecular complexity index is 843. The SMILES string of the molecule is CC(C)(C)c1cc(C(=O)N2CCc3cnc(N)nc3C2)cc(C(C)(C)C)c1. The predicted molar refractivity (Wildman–Crippen MR) is 109 cm³/mol. The fourth-order valence-electron chi connectivity index (χ4n) is 3.29. The van der Waals surface area contributed by atoms with Crippen LogP contribution in [0.1, 0.15) is 74.3 Å². The lowest BCUT2D eigenvalue weighted by atomic mass is 9.79. The number of carbonyl (C=O) groups excluding carboxylic acids is 1. The first-order valence-corrected chi connectivity index (χ1v) is 9.51. The Morgan fingerprint density at radius 3 is 2.19 bits per heavy atom. The van der Waals surface area contributed by atoms with Crippen molar-refractivity contribution >= 4 is 11.9 Å². The van der Waals surface area contributed by atoms with E-state index in [2.05, 4.69) is 57.6 Å². The van der Waals surface area contributed by atoms with Crippen LogP contribution >= 0.6 is 0 Å². The van der Waals surface area contributed by atoms with Crippen molar-refractivity contribution in [2.75, 3.05) is 12.3 Å². The molecule has 5 heteroatoms. The predicted octanol–water partition coefficient (Wildman–Crippen LogP) is 3.85. The second kappa shape index (κ2) is 6.63. The molecule has 1 aromatic carbocycles. The number of fused-ring (bicyclic) bond motifs is 1. The highest BCUT2D eigenvalue weighted by Crippen LogP contribution is 2.31. The Balaban J connectivity index is 1.97. The van der Waals surface area contributed by atoms with E-state index in [1.165, 1.54) is 11.1 Å². The second-order valence-corrected chi connectivity index (χ2v) is 9.48. The Morgan fingerprint density at radius 2 is 1.63 bits per heavy atom. The number of rotatable bonds is 1. The lowest BCUT2D eigenvalue weighted by molar-refractivity contribution is 0.0731. The number of carbonyl (C=O) groups is 1. The van der Waals surface area contributed by atoms with Gasteiger partial charge in [0.2, 0.25) is 5.95 Å². The summed E-state index contributed by atoms with van der Waals surface area (Å²) in [7, 11) is 0. The molecular formula is C22H30N4O. The lowest BCUT2D eigenvalue weighted by Gasteiger charge is -2.30. The molecule has 27 heavy (non-hydrogen) atoms. The van der Waals surface area contributed by atoms with E-state index in [1.54, 1.807) is 6.20 Å². The summed E-state index contributed by atoms with van der Waals surface area (Å²) in [5.41, 5.74) is 10.7. The molecule has 2 aromatic rings. The van der Waals surface area contributed by atoms with Gasteiger partial charge in [-0.15, -0.1) is 0 Å². The summed E-state index contributed by atoms with van der Waals surface area (Å²) in [4.78, 5) is 23.6. The molecule has 5 nitrogen and oxygen atoms in total. The van der Waals surface area contributed by atoms with E-state index in [1.807, 2.05) is 17.0 Å². The number of anilines is 1. The van der Waals surface area contributed by atoms with Gasteiger partial charge >= 0.3 is 0 Å². The van der Waals surface area contributed by atoms with Gasteiger partial charge in [-0.25, -0.2) is 9.97 Å². The van der Waals surface area contributed by atoms with Crippen molar-refractivity contribution in [1.29, 1.82) is 0 Å². The summed E-state index contributed by atoms with van der Waals surface area (Å²) in [6.07, 6.45) is 2.53. The van der Waals surface area contributed by atoms with Crippen molar-refractivity contribution in [2.24, 2.45) is 0 Å². The molecule has 0 spiro atoms. The van der Waals surface area contributed by atoms with Gasteiger partial charge in [-0.1, -0.05) is 47.6 Å². The number of hydrogen-bond donors (Lipinski definition) is 1. The van der Waals surface area contributed by atoms with Gasteiger partial charge in [0.15, 0.2) is 0 Å². The van der Waals surface area contributed by atoms with Crippen LogP contribution in [0.15, 0.2) is 24.4 Å². The van der Waals surface area contributed by atoms with E-state index in [4.69, 9.17) is 5.73 Å². The number of benzene rings is 1. The van der Waals surface area contributed by atoms with Crippen LogP contribution in [0.5, 0.6) is 0 Å². The van der Waals surface area contributed by atoms with Gasteiger partial charge in [0.1, 0.15) is 0 Å². The molecule has 0 unspecified atom stereocenters. The van der Waals surface area contributed by atoms with Gasteiger partial charge < -0.3 is 10.6 Å². The Kier molecular flexibility index (Phi) is 4.74. The summed E-state index contributed by atoms with van der Waals surface area (Å²) in [6.45, 7) is 14.2. The third kappa shape index (κ3) is 4.12. The number of amides is 1. The molecule has 2 heterocycles. The molecule has 2 N–H and O–H groups in total. The maximum atomic E-state index is 13.3. The number of nitrogens with two attached hydrogens (primary N) is 1. The minimum absolute atomic E-state index is 0.0214. The highest BCUT2D eigenvalue weighted by Gasteiger charge is 2.27. The van der Waals surface area contributed by atoms with Crippen LogP contribution in [0.3, 0.4) is 0 Å². The minimum atomic E-state index is -0.0214. The fourth-order valence-corrected chi connectivity index (χ4v) is 3.29. The molecule has 0 saturated carbocycles. The zero-order valence-corrected chi connectivity index (χ0v) is 17.3. The normalized spacial score (nSPS) is 14.8. The standard InChI is InChI=1S/C22H30N4O/c1-21(2,3)16-9-15(10-17(11-16)22(4,5)6)19(27)26-8-7-14-12-24-20(23)25-18(14)13-26/h9-12H,7-8,13H2,1-6H3,(H2,23,24,25). The Labute approximate surface area is 162 Å². The topological polar surface area (TPSA) is 72.1 Å². The second-order valence-electron chi connectivity index (χ2n) is 9.48. The van der Waals surface area contributed by atoms with Gasteiger partial charge in [-0.05, 0) is 46.1 Å². The molecule has 0 bridgehead atoms. The fraction of sp³-hybridized carbons (Fsp3) is 0.500.